The van der Waals surface area contributed by atoms with E-state index in [1.807, 2.05) is 17.0 Å². The van der Waals surface area contributed by atoms with Crippen LogP contribution in [0.3, 0.4) is 0 Å². The Kier molecular flexibility index (Phi) is 4.58. The Hall–Kier alpha value is -1.23. The topological polar surface area (TPSA) is 32.8 Å². The highest BCUT2D eigenvalue weighted by atomic mass is 79.9. The molecule has 20 heavy (non-hydrogen) atoms. The zero-order valence-electron chi connectivity index (χ0n) is 12.4. The third-order valence-electron chi connectivity index (χ3n) is 3.75. The van der Waals surface area contributed by atoms with Gasteiger partial charge in [-0.15, -0.1) is 0 Å². The number of piperazine rings is 1. The van der Waals surface area contributed by atoms with Crippen molar-refractivity contribution in [3.63, 3.8) is 0 Å². The first-order chi connectivity index (χ1) is 9.42. The predicted octanol–water partition coefficient (Wildman–Crippen LogP) is 2.90. The smallest absolute Gasteiger partial charge is 0.219 e. The molecule has 0 aliphatic carbocycles. The molecule has 2 rings (SSSR count). The number of nitrogens with zero attached hydrogens (tertiary/aromatic N) is 2. The van der Waals surface area contributed by atoms with Crippen molar-refractivity contribution in [1.29, 1.82) is 0 Å². The van der Waals surface area contributed by atoms with Crippen LogP contribution in [0.25, 0.3) is 0 Å². The number of methoxy groups -OCH3 is 1. The van der Waals surface area contributed by atoms with Crippen molar-refractivity contribution in [3.05, 3.63) is 22.7 Å². The number of hydrogen-bond donors (Lipinski definition) is 0. The van der Waals surface area contributed by atoms with Crippen LogP contribution in [0.4, 0.5) is 5.69 Å². The summed E-state index contributed by atoms with van der Waals surface area (Å²) in [6, 6.07) is 6.65. The van der Waals surface area contributed by atoms with Crippen molar-refractivity contribution >= 4 is 27.5 Å². The van der Waals surface area contributed by atoms with Crippen LogP contribution in [0, 0.1) is 0 Å². The first-order valence-corrected chi connectivity index (χ1v) is 7.60. The molecule has 1 saturated heterocycles. The SMILES string of the molecule is COc1cc(Br)cc(N2C(C)CN(C(C)=O)CC2C)c1. The summed E-state index contributed by atoms with van der Waals surface area (Å²) in [4.78, 5) is 15.8. The monoisotopic (exact) mass is 340 g/mol. The van der Waals surface area contributed by atoms with Gasteiger partial charge in [0.1, 0.15) is 5.75 Å². The molecule has 110 valence electrons. The summed E-state index contributed by atoms with van der Waals surface area (Å²) >= 11 is 3.52. The summed E-state index contributed by atoms with van der Waals surface area (Å²) in [7, 11) is 1.67. The van der Waals surface area contributed by atoms with Gasteiger partial charge in [0, 0.05) is 48.3 Å². The van der Waals surface area contributed by atoms with Crippen molar-refractivity contribution in [2.24, 2.45) is 0 Å². The lowest BCUT2D eigenvalue weighted by molar-refractivity contribution is -0.130. The normalized spacial score (nSPS) is 22.9. The van der Waals surface area contributed by atoms with Crippen LogP contribution in [-0.2, 0) is 4.79 Å². The van der Waals surface area contributed by atoms with Crippen molar-refractivity contribution in [2.75, 3.05) is 25.1 Å². The molecule has 4 nitrogen and oxygen atoms in total. The second-order valence-corrected chi connectivity index (χ2v) is 6.29. The van der Waals surface area contributed by atoms with E-state index >= 15 is 0 Å². The van der Waals surface area contributed by atoms with Crippen LogP contribution in [0.15, 0.2) is 22.7 Å². The fourth-order valence-electron chi connectivity index (χ4n) is 2.90. The molecule has 1 heterocycles. The quantitative estimate of drug-likeness (QED) is 0.829. The second-order valence-electron chi connectivity index (χ2n) is 5.38. The maximum Gasteiger partial charge on any atom is 0.219 e. The van der Waals surface area contributed by atoms with Gasteiger partial charge in [0.15, 0.2) is 0 Å². The van der Waals surface area contributed by atoms with E-state index in [1.165, 1.54) is 0 Å². The molecule has 5 heteroatoms. The average Bonchev–Trinajstić information content (AvgIpc) is 2.37. The molecule has 1 aliphatic rings. The highest BCUT2D eigenvalue weighted by molar-refractivity contribution is 9.10. The molecule has 0 aromatic heterocycles. The van der Waals surface area contributed by atoms with E-state index in [0.29, 0.717) is 0 Å². The van der Waals surface area contributed by atoms with Crippen LogP contribution in [-0.4, -0.2) is 43.1 Å². The molecular formula is C15H21BrN2O2. The minimum Gasteiger partial charge on any atom is -0.497 e. The second kappa shape index (κ2) is 6.04. The van der Waals surface area contributed by atoms with Crippen LogP contribution in [0.5, 0.6) is 5.75 Å². The number of carbonyl (C=O) groups is 1. The first kappa shape index (κ1) is 15.2. The van der Waals surface area contributed by atoms with Crippen LogP contribution >= 0.6 is 15.9 Å². The van der Waals surface area contributed by atoms with Gasteiger partial charge in [0.25, 0.3) is 0 Å². The minimum atomic E-state index is 0.148. The summed E-state index contributed by atoms with van der Waals surface area (Å²) in [6.45, 7) is 7.46. The van der Waals surface area contributed by atoms with Crippen LogP contribution in [0.2, 0.25) is 0 Å². The van der Waals surface area contributed by atoms with E-state index in [4.69, 9.17) is 4.74 Å². The maximum absolute atomic E-state index is 11.6. The third kappa shape index (κ3) is 3.08. The fraction of sp³-hybridized carbons (Fsp3) is 0.533. The van der Waals surface area contributed by atoms with Gasteiger partial charge in [0.05, 0.1) is 7.11 Å². The number of halogens is 1. The largest absolute Gasteiger partial charge is 0.497 e. The van der Waals surface area contributed by atoms with Gasteiger partial charge in [-0.3, -0.25) is 4.79 Å². The molecule has 1 aromatic carbocycles. The Morgan fingerprint density at radius 2 is 1.85 bits per heavy atom. The van der Waals surface area contributed by atoms with Crippen LogP contribution < -0.4 is 9.64 Å². The van der Waals surface area contributed by atoms with Gasteiger partial charge in [-0.25, -0.2) is 0 Å². The van der Waals surface area contributed by atoms with Gasteiger partial charge < -0.3 is 14.5 Å². The zero-order valence-corrected chi connectivity index (χ0v) is 14.0. The molecule has 0 spiro atoms. The fourth-order valence-corrected chi connectivity index (χ4v) is 3.36. The van der Waals surface area contributed by atoms with Crippen molar-refractivity contribution in [3.8, 4) is 5.75 Å². The number of anilines is 1. The summed E-state index contributed by atoms with van der Waals surface area (Å²) in [6.07, 6.45) is 0. The Morgan fingerprint density at radius 3 is 2.35 bits per heavy atom. The lowest BCUT2D eigenvalue weighted by Gasteiger charge is -2.45. The maximum atomic E-state index is 11.6. The van der Waals surface area contributed by atoms with Gasteiger partial charge in [-0.05, 0) is 26.0 Å². The number of amides is 1. The minimum absolute atomic E-state index is 0.148. The van der Waals surface area contributed by atoms with Gasteiger partial charge in [-0.2, -0.15) is 0 Å². The standard InChI is InChI=1S/C15H21BrN2O2/c1-10-8-17(12(3)19)9-11(2)18(10)14-5-13(16)6-15(7-14)20-4/h5-7,10-11H,8-9H2,1-4H3. The Labute approximate surface area is 128 Å². The van der Waals surface area contributed by atoms with E-state index < -0.39 is 0 Å². The molecule has 0 radical (unpaired) electrons. The highest BCUT2D eigenvalue weighted by Gasteiger charge is 2.31. The van der Waals surface area contributed by atoms with E-state index in [1.54, 1.807) is 14.0 Å². The van der Waals surface area contributed by atoms with Crippen molar-refractivity contribution in [2.45, 2.75) is 32.9 Å². The van der Waals surface area contributed by atoms with E-state index in [9.17, 15) is 4.79 Å². The average molecular weight is 341 g/mol. The summed E-state index contributed by atoms with van der Waals surface area (Å²) in [5, 5.41) is 0. The Bertz CT molecular complexity index is 495. The first-order valence-electron chi connectivity index (χ1n) is 6.80. The summed E-state index contributed by atoms with van der Waals surface area (Å²) in [5.41, 5.74) is 1.12. The zero-order chi connectivity index (χ0) is 14.9. The lowest BCUT2D eigenvalue weighted by atomic mass is 10.1. The Balaban J connectivity index is 2.28. The molecule has 0 bridgehead atoms. The Morgan fingerprint density at radius 1 is 1.25 bits per heavy atom. The molecule has 2 atom stereocenters. The number of rotatable bonds is 2. The van der Waals surface area contributed by atoms with Gasteiger partial charge >= 0.3 is 0 Å². The lowest BCUT2D eigenvalue weighted by Crippen LogP contribution is -2.58. The molecule has 1 amide bonds. The van der Waals surface area contributed by atoms with E-state index in [0.717, 1.165) is 29.0 Å². The third-order valence-corrected chi connectivity index (χ3v) is 4.21. The molecular weight excluding hydrogens is 320 g/mol. The summed E-state index contributed by atoms with van der Waals surface area (Å²) < 4.78 is 6.34. The van der Waals surface area contributed by atoms with E-state index in [2.05, 4.69) is 40.7 Å². The molecule has 0 N–H and O–H groups in total. The molecule has 1 aromatic rings. The number of carbonyl (C=O) groups excluding carboxylic acids is 1. The number of ether oxygens (including phenoxy) is 1. The molecule has 2 unspecified atom stereocenters. The summed E-state index contributed by atoms with van der Waals surface area (Å²) in [5.74, 6) is 0.984. The molecule has 0 saturated carbocycles. The van der Waals surface area contributed by atoms with Crippen LogP contribution in [0.1, 0.15) is 20.8 Å². The van der Waals surface area contributed by atoms with Crippen molar-refractivity contribution < 1.29 is 9.53 Å². The molecule has 1 fully saturated rings. The van der Waals surface area contributed by atoms with E-state index in [-0.39, 0.29) is 18.0 Å². The van der Waals surface area contributed by atoms with Crippen molar-refractivity contribution in [1.82, 2.24) is 4.90 Å². The number of hydrogen-bond acceptors (Lipinski definition) is 3. The number of benzene rings is 1. The predicted molar refractivity (Wildman–Crippen MR) is 84.4 cm³/mol. The molecule has 1 aliphatic heterocycles. The van der Waals surface area contributed by atoms with Gasteiger partial charge in [-0.1, -0.05) is 15.9 Å². The van der Waals surface area contributed by atoms with Gasteiger partial charge in [0.2, 0.25) is 5.91 Å². The highest BCUT2D eigenvalue weighted by Crippen LogP contribution is 2.31.